The van der Waals surface area contributed by atoms with Gasteiger partial charge in [0.1, 0.15) is 11.9 Å². The predicted molar refractivity (Wildman–Crippen MR) is 94.9 cm³/mol. The van der Waals surface area contributed by atoms with Crippen molar-refractivity contribution in [1.29, 1.82) is 0 Å². The molecule has 2 aliphatic heterocycles. The minimum absolute atomic E-state index is 0.216. The minimum atomic E-state index is -0.486. The second-order valence-corrected chi connectivity index (χ2v) is 7.00. The molecule has 0 radical (unpaired) electrons. The molecule has 2 amide bonds. The van der Waals surface area contributed by atoms with Crippen molar-refractivity contribution in [3.05, 3.63) is 29.6 Å². The summed E-state index contributed by atoms with van der Waals surface area (Å²) in [4.78, 5) is 25.4. The molecule has 1 unspecified atom stereocenters. The van der Waals surface area contributed by atoms with E-state index in [4.69, 9.17) is 0 Å². The van der Waals surface area contributed by atoms with E-state index in [0.717, 1.165) is 44.5 Å². The summed E-state index contributed by atoms with van der Waals surface area (Å²) in [5.41, 5.74) is 1.35. The van der Waals surface area contributed by atoms with Crippen LogP contribution in [0.2, 0.25) is 0 Å². The summed E-state index contributed by atoms with van der Waals surface area (Å²) in [7, 11) is 0. The fourth-order valence-electron chi connectivity index (χ4n) is 3.76. The monoisotopic (exact) mass is 347 g/mol. The van der Waals surface area contributed by atoms with E-state index in [9.17, 15) is 14.0 Å². The highest BCUT2D eigenvalue weighted by Gasteiger charge is 2.27. The topological polar surface area (TPSA) is 61.4 Å². The second kappa shape index (κ2) is 7.95. The number of hydrogen-bond acceptors (Lipinski definition) is 4. The molecule has 0 spiro atoms. The first kappa shape index (κ1) is 17.9. The van der Waals surface area contributed by atoms with Crippen LogP contribution in [0.4, 0.5) is 10.1 Å². The van der Waals surface area contributed by atoms with E-state index in [-0.39, 0.29) is 23.5 Å². The molecule has 2 fully saturated rings. The fourth-order valence-corrected chi connectivity index (χ4v) is 3.76. The molecule has 1 atom stereocenters. The van der Waals surface area contributed by atoms with Crippen LogP contribution in [0, 0.1) is 5.82 Å². The molecule has 136 valence electrons. The van der Waals surface area contributed by atoms with Gasteiger partial charge in [0.05, 0.1) is 0 Å². The zero-order valence-corrected chi connectivity index (χ0v) is 14.7. The van der Waals surface area contributed by atoms with Gasteiger partial charge in [-0.15, -0.1) is 0 Å². The summed E-state index contributed by atoms with van der Waals surface area (Å²) in [5, 5.41) is 5.34. The Labute approximate surface area is 148 Å². The highest BCUT2D eigenvalue weighted by molar-refractivity contribution is 6.01. The summed E-state index contributed by atoms with van der Waals surface area (Å²) in [6.07, 6.45) is 3.86. The first-order chi connectivity index (χ1) is 12.1. The predicted octanol–water partition coefficient (Wildman–Crippen LogP) is 2.63. The molecule has 0 saturated carbocycles. The Morgan fingerprint density at radius 1 is 1.24 bits per heavy atom. The lowest BCUT2D eigenvalue weighted by molar-refractivity contribution is -0.133. The smallest absolute Gasteiger partial charge is 0.249 e. The van der Waals surface area contributed by atoms with Crippen LogP contribution in [0.15, 0.2) is 18.2 Å². The van der Waals surface area contributed by atoms with Gasteiger partial charge in [0.25, 0.3) is 0 Å². The van der Waals surface area contributed by atoms with E-state index in [2.05, 4.69) is 22.5 Å². The number of benzene rings is 1. The highest BCUT2D eigenvalue weighted by atomic mass is 19.1. The van der Waals surface area contributed by atoms with Crippen LogP contribution in [0.1, 0.15) is 50.5 Å². The lowest BCUT2D eigenvalue weighted by atomic mass is 9.89. The number of carbonyl (C=O) groups is 2. The number of amides is 2. The van der Waals surface area contributed by atoms with E-state index in [1.807, 2.05) is 12.1 Å². The number of halogens is 1. The molecule has 25 heavy (non-hydrogen) atoms. The minimum Gasteiger partial charge on any atom is -0.374 e. The number of hydrogen-bond donors (Lipinski definition) is 2. The van der Waals surface area contributed by atoms with Crippen molar-refractivity contribution in [3.8, 4) is 0 Å². The number of piperidine rings is 2. The van der Waals surface area contributed by atoms with Gasteiger partial charge in [0.15, 0.2) is 0 Å². The summed E-state index contributed by atoms with van der Waals surface area (Å²) in [6.45, 7) is 5.34. The van der Waals surface area contributed by atoms with Crippen molar-refractivity contribution in [2.24, 2.45) is 0 Å². The van der Waals surface area contributed by atoms with Crippen LogP contribution in [0.5, 0.6) is 0 Å². The van der Waals surface area contributed by atoms with Crippen molar-refractivity contribution in [1.82, 2.24) is 10.2 Å². The van der Waals surface area contributed by atoms with Gasteiger partial charge in [-0.2, -0.15) is 0 Å². The second-order valence-electron chi connectivity index (χ2n) is 7.00. The molecule has 2 saturated heterocycles. The van der Waals surface area contributed by atoms with Crippen molar-refractivity contribution < 1.29 is 14.0 Å². The Hall–Kier alpha value is -1.95. The van der Waals surface area contributed by atoms with Crippen molar-refractivity contribution in [3.63, 3.8) is 0 Å². The van der Waals surface area contributed by atoms with Gasteiger partial charge in [-0.25, -0.2) is 4.39 Å². The number of rotatable bonds is 5. The molecule has 0 aromatic heterocycles. The molecule has 2 N–H and O–H groups in total. The third-order valence-corrected chi connectivity index (χ3v) is 5.15. The van der Waals surface area contributed by atoms with Gasteiger partial charge in [0.2, 0.25) is 11.8 Å². The summed E-state index contributed by atoms with van der Waals surface area (Å²) >= 11 is 0. The maximum atomic E-state index is 14.6. The zero-order valence-electron chi connectivity index (χ0n) is 14.7. The number of carbonyl (C=O) groups excluding carboxylic acids is 2. The Bertz CT molecular complexity index is 642. The molecule has 3 rings (SSSR count). The number of nitrogens with zero attached hydrogens (tertiary/aromatic N) is 1. The van der Waals surface area contributed by atoms with Crippen LogP contribution in [-0.4, -0.2) is 42.4 Å². The Morgan fingerprint density at radius 3 is 2.64 bits per heavy atom. The molecule has 1 aromatic rings. The highest BCUT2D eigenvalue weighted by Crippen LogP contribution is 2.31. The van der Waals surface area contributed by atoms with Crippen molar-refractivity contribution in [2.75, 3.05) is 25.0 Å². The van der Waals surface area contributed by atoms with E-state index in [1.54, 1.807) is 0 Å². The molecule has 5 nitrogen and oxygen atoms in total. The van der Waals surface area contributed by atoms with Crippen LogP contribution >= 0.6 is 0 Å². The third kappa shape index (κ3) is 4.37. The van der Waals surface area contributed by atoms with Crippen LogP contribution in [-0.2, 0) is 9.59 Å². The maximum absolute atomic E-state index is 14.6. The molecule has 2 heterocycles. The van der Waals surface area contributed by atoms with E-state index in [1.165, 1.54) is 6.07 Å². The SMILES string of the molecule is CCCN1CCC(c2ccc(NC3CCC(=O)NC3=O)cc2F)CC1. The van der Waals surface area contributed by atoms with E-state index >= 15 is 0 Å². The quantitative estimate of drug-likeness (QED) is 0.804. The largest absolute Gasteiger partial charge is 0.374 e. The lowest BCUT2D eigenvalue weighted by Crippen LogP contribution is -2.47. The van der Waals surface area contributed by atoms with Gasteiger partial charge in [-0.3, -0.25) is 14.9 Å². The fraction of sp³-hybridized carbons (Fsp3) is 0.579. The normalized spacial score (nSPS) is 22.7. The van der Waals surface area contributed by atoms with Crippen LogP contribution in [0.25, 0.3) is 0 Å². The average molecular weight is 347 g/mol. The molecular weight excluding hydrogens is 321 g/mol. The third-order valence-electron chi connectivity index (χ3n) is 5.15. The summed E-state index contributed by atoms with van der Waals surface area (Å²) in [6, 6.07) is 4.65. The molecule has 2 aliphatic rings. The maximum Gasteiger partial charge on any atom is 0.249 e. The molecular formula is C19H26FN3O2. The summed E-state index contributed by atoms with van der Waals surface area (Å²) in [5.74, 6) is -0.549. The van der Waals surface area contributed by atoms with E-state index < -0.39 is 6.04 Å². The summed E-state index contributed by atoms with van der Waals surface area (Å²) < 4.78 is 14.6. The van der Waals surface area contributed by atoms with Gasteiger partial charge in [0, 0.05) is 12.1 Å². The first-order valence-corrected chi connectivity index (χ1v) is 9.19. The molecule has 0 bridgehead atoms. The number of anilines is 1. The Morgan fingerprint density at radius 2 is 2.00 bits per heavy atom. The van der Waals surface area contributed by atoms with Crippen molar-refractivity contribution in [2.45, 2.75) is 51.0 Å². The molecule has 1 aromatic carbocycles. The average Bonchev–Trinajstić information content (AvgIpc) is 2.59. The Kier molecular flexibility index (Phi) is 5.68. The van der Waals surface area contributed by atoms with Gasteiger partial charge in [-0.1, -0.05) is 13.0 Å². The van der Waals surface area contributed by atoms with Crippen LogP contribution < -0.4 is 10.6 Å². The van der Waals surface area contributed by atoms with Gasteiger partial charge >= 0.3 is 0 Å². The molecule has 0 aliphatic carbocycles. The van der Waals surface area contributed by atoms with Crippen molar-refractivity contribution >= 4 is 17.5 Å². The van der Waals surface area contributed by atoms with E-state index in [0.29, 0.717) is 18.5 Å². The first-order valence-electron chi connectivity index (χ1n) is 9.19. The number of likely N-dealkylation sites (tertiary alicyclic amines) is 1. The number of imide groups is 1. The number of nitrogens with one attached hydrogen (secondary N) is 2. The molecule has 6 heteroatoms. The van der Waals surface area contributed by atoms with Gasteiger partial charge in [-0.05, 0) is 68.9 Å². The zero-order chi connectivity index (χ0) is 17.8. The lowest BCUT2D eigenvalue weighted by Gasteiger charge is -2.32. The Balaban J connectivity index is 1.61. The standard InChI is InChI=1S/C19H26FN3O2/c1-2-9-23-10-7-13(8-11-23)15-4-3-14(12-16(15)20)21-17-5-6-18(24)22-19(17)25/h3-4,12-13,17,21H,2,5-11H2,1H3,(H,22,24,25). The van der Waals surface area contributed by atoms with Gasteiger partial charge < -0.3 is 10.2 Å². The van der Waals surface area contributed by atoms with Crippen LogP contribution in [0.3, 0.4) is 0 Å².